The molecule has 1 saturated heterocycles. The van der Waals surface area contributed by atoms with Crippen molar-refractivity contribution in [1.82, 2.24) is 4.31 Å². The quantitative estimate of drug-likeness (QED) is 0.860. The number of thioether (sulfide) groups is 1. The number of ether oxygens (including phenoxy) is 1. The summed E-state index contributed by atoms with van der Waals surface area (Å²) in [6.07, 6.45) is 0.828. The van der Waals surface area contributed by atoms with E-state index in [9.17, 15) is 8.42 Å². The minimum Gasteiger partial charge on any atom is -0.495 e. The second-order valence-corrected chi connectivity index (χ2v) is 9.38. The number of benzene rings is 1. The highest BCUT2D eigenvalue weighted by atomic mass is 32.2. The number of nitrogen functional groups attached to an aromatic ring is 1. The molecule has 7 heteroatoms. The van der Waals surface area contributed by atoms with Crippen LogP contribution in [0.25, 0.3) is 0 Å². The molecular weight excluding hydrogens is 308 g/mol. The SMILES string of the molecule is COc1cc(N)ccc1S(=O)(=O)N1CCSC(C)(C)CC1. The molecule has 2 rings (SSSR count). The first-order valence-corrected chi connectivity index (χ1v) is 9.26. The summed E-state index contributed by atoms with van der Waals surface area (Å²) in [5.41, 5.74) is 6.18. The highest BCUT2D eigenvalue weighted by Gasteiger charge is 2.32. The highest BCUT2D eigenvalue weighted by Crippen LogP contribution is 2.34. The minimum atomic E-state index is -3.56. The van der Waals surface area contributed by atoms with Gasteiger partial charge in [-0.2, -0.15) is 16.1 Å². The Morgan fingerprint density at radius 3 is 2.71 bits per heavy atom. The average molecular weight is 330 g/mol. The van der Waals surface area contributed by atoms with Crippen molar-refractivity contribution in [3.8, 4) is 5.75 Å². The van der Waals surface area contributed by atoms with E-state index in [0.29, 0.717) is 24.5 Å². The van der Waals surface area contributed by atoms with Crippen LogP contribution in [0, 0.1) is 0 Å². The molecule has 0 aliphatic carbocycles. The van der Waals surface area contributed by atoms with Crippen LogP contribution in [0.2, 0.25) is 0 Å². The first kappa shape index (κ1) is 16.5. The highest BCUT2D eigenvalue weighted by molar-refractivity contribution is 8.00. The lowest BCUT2D eigenvalue weighted by Gasteiger charge is -2.23. The van der Waals surface area contributed by atoms with Crippen molar-refractivity contribution in [2.75, 3.05) is 31.7 Å². The van der Waals surface area contributed by atoms with Gasteiger partial charge in [0.15, 0.2) is 0 Å². The summed E-state index contributed by atoms with van der Waals surface area (Å²) in [7, 11) is -2.10. The monoisotopic (exact) mass is 330 g/mol. The summed E-state index contributed by atoms with van der Waals surface area (Å²) in [6, 6.07) is 4.65. The van der Waals surface area contributed by atoms with E-state index in [1.54, 1.807) is 16.4 Å². The molecule has 21 heavy (non-hydrogen) atoms. The summed E-state index contributed by atoms with van der Waals surface area (Å²) in [6.45, 7) is 5.34. The molecule has 0 aromatic heterocycles. The van der Waals surface area contributed by atoms with Crippen LogP contribution >= 0.6 is 11.8 Å². The Morgan fingerprint density at radius 1 is 1.33 bits per heavy atom. The van der Waals surface area contributed by atoms with Crippen LogP contribution in [0.15, 0.2) is 23.1 Å². The van der Waals surface area contributed by atoms with E-state index in [1.807, 2.05) is 11.8 Å². The van der Waals surface area contributed by atoms with Crippen molar-refractivity contribution in [3.63, 3.8) is 0 Å². The Morgan fingerprint density at radius 2 is 2.05 bits per heavy atom. The van der Waals surface area contributed by atoms with Gasteiger partial charge < -0.3 is 10.5 Å². The van der Waals surface area contributed by atoms with Crippen molar-refractivity contribution in [2.24, 2.45) is 0 Å². The van der Waals surface area contributed by atoms with Gasteiger partial charge in [0.05, 0.1) is 7.11 Å². The largest absolute Gasteiger partial charge is 0.495 e. The lowest BCUT2D eigenvalue weighted by molar-refractivity contribution is 0.390. The standard InChI is InChI=1S/C14H22N2O3S2/c1-14(2)6-7-16(8-9-20-14)21(17,18)13-5-4-11(15)10-12(13)19-3/h4-5,10H,6-9,15H2,1-3H3. The number of nitrogens with zero attached hydrogens (tertiary/aromatic N) is 1. The topological polar surface area (TPSA) is 72.6 Å². The van der Waals surface area contributed by atoms with Gasteiger partial charge in [-0.15, -0.1) is 0 Å². The van der Waals surface area contributed by atoms with Crippen LogP contribution in [0.4, 0.5) is 5.69 Å². The minimum absolute atomic E-state index is 0.107. The van der Waals surface area contributed by atoms with Gasteiger partial charge in [0, 0.05) is 35.3 Å². The van der Waals surface area contributed by atoms with Gasteiger partial charge in [0.1, 0.15) is 10.6 Å². The van der Waals surface area contributed by atoms with Crippen molar-refractivity contribution in [2.45, 2.75) is 29.9 Å². The third kappa shape index (κ3) is 3.64. The third-order valence-electron chi connectivity index (χ3n) is 3.60. The number of sulfonamides is 1. The molecular formula is C14H22N2O3S2. The zero-order valence-corrected chi connectivity index (χ0v) is 14.3. The van der Waals surface area contributed by atoms with Crippen molar-refractivity contribution >= 4 is 27.5 Å². The Bertz CT molecular complexity index is 615. The van der Waals surface area contributed by atoms with Crippen LogP contribution in [-0.2, 0) is 10.0 Å². The van der Waals surface area contributed by atoms with Gasteiger partial charge in [0.2, 0.25) is 10.0 Å². The van der Waals surface area contributed by atoms with Gasteiger partial charge in [-0.3, -0.25) is 0 Å². The smallest absolute Gasteiger partial charge is 0.246 e. The number of methoxy groups -OCH3 is 1. The van der Waals surface area contributed by atoms with E-state index in [0.717, 1.165) is 12.2 Å². The van der Waals surface area contributed by atoms with E-state index in [4.69, 9.17) is 10.5 Å². The van der Waals surface area contributed by atoms with Crippen molar-refractivity contribution in [3.05, 3.63) is 18.2 Å². The molecule has 118 valence electrons. The van der Waals surface area contributed by atoms with Crippen LogP contribution in [0.5, 0.6) is 5.75 Å². The lowest BCUT2D eigenvalue weighted by Crippen LogP contribution is -2.34. The van der Waals surface area contributed by atoms with Crippen LogP contribution in [0.1, 0.15) is 20.3 Å². The average Bonchev–Trinajstić information content (AvgIpc) is 2.59. The first-order valence-electron chi connectivity index (χ1n) is 6.84. The molecule has 1 aliphatic heterocycles. The molecule has 0 saturated carbocycles. The fourth-order valence-electron chi connectivity index (χ4n) is 2.28. The molecule has 2 N–H and O–H groups in total. The summed E-state index contributed by atoms with van der Waals surface area (Å²) in [4.78, 5) is 0.184. The fraction of sp³-hybridized carbons (Fsp3) is 0.571. The molecule has 0 radical (unpaired) electrons. The Balaban J connectivity index is 2.34. The number of rotatable bonds is 3. The van der Waals surface area contributed by atoms with E-state index in [2.05, 4.69) is 13.8 Å². The van der Waals surface area contributed by atoms with Gasteiger partial charge in [0.25, 0.3) is 0 Å². The Hall–Kier alpha value is -0.920. The molecule has 1 aliphatic rings. The molecule has 0 spiro atoms. The van der Waals surface area contributed by atoms with E-state index < -0.39 is 10.0 Å². The lowest BCUT2D eigenvalue weighted by atomic mass is 10.1. The molecule has 0 unspecified atom stereocenters. The molecule has 1 fully saturated rings. The molecule has 0 atom stereocenters. The molecule has 0 bridgehead atoms. The molecule has 5 nitrogen and oxygen atoms in total. The predicted octanol–water partition coefficient (Wildman–Crippen LogP) is 2.18. The maximum atomic E-state index is 12.8. The number of anilines is 1. The van der Waals surface area contributed by atoms with E-state index in [-0.39, 0.29) is 9.64 Å². The van der Waals surface area contributed by atoms with E-state index in [1.165, 1.54) is 13.2 Å². The van der Waals surface area contributed by atoms with Crippen LogP contribution in [0.3, 0.4) is 0 Å². The van der Waals surface area contributed by atoms with E-state index >= 15 is 0 Å². The number of hydrogen-bond acceptors (Lipinski definition) is 5. The zero-order chi connectivity index (χ0) is 15.7. The number of hydrogen-bond donors (Lipinski definition) is 1. The molecule has 1 aromatic rings. The molecule has 1 heterocycles. The summed E-state index contributed by atoms with van der Waals surface area (Å²) < 4.78 is 32.5. The maximum absolute atomic E-state index is 12.8. The second kappa shape index (κ2) is 6.06. The van der Waals surface area contributed by atoms with Gasteiger partial charge in [-0.05, 0) is 18.6 Å². The second-order valence-electron chi connectivity index (χ2n) is 5.67. The normalized spacial score (nSPS) is 20.0. The first-order chi connectivity index (χ1) is 9.76. The fourth-order valence-corrected chi connectivity index (χ4v) is 5.07. The molecule has 0 amide bonds. The summed E-state index contributed by atoms with van der Waals surface area (Å²) in [5, 5.41) is 0. The summed E-state index contributed by atoms with van der Waals surface area (Å²) in [5.74, 6) is 1.09. The maximum Gasteiger partial charge on any atom is 0.246 e. The van der Waals surface area contributed by atoms with Crippen molar-refractivity contribution < 1.29 is 13.2 Å². The third-order valence-corrected chi connectivity index (χ3v) is 6.91. The number of nitrogens with two attached hydrogens (primary N) is 1. The molecule has 1 aromatic carbocycles. The van der Waals surface area contributed by atoms with Crippen molar-refractivity contribution in [1.29, 1.82) is 0 Å². The Kier molecular flexibility index (Phi) is 4.75. The van der Waals surface area contributed by atoms with Gasteiger partial charge >= 0.3 is 0 Å². The van der Waals surface area contributed by atoms with Crippen LogP contribution in [-0.4, -0.2) is 43.4 Å². The Labute approximate surface area is 130 Å². The van der Waals surface area contributed by atoms with Gasteiger partial charge in [-0.1, -0.05) is 13.8 Å². The van der Waals surface area contributed by atoms with Crippen LogP contribution < -0.4 is 10.5 Å². The van der Waals surface area contributed by atoms with Gasteiger partial charge in [-0.25, -0.2) is 8.42 Å². The summed E-state index contributed by atoms with van der Waals surface area (Å²) >= 11 is 1.81. The zero-order valence-electron chi connectivity index (χ0n) is 12.6. The predicted molar refractivity (Wildman–Crippen MR) is 87.3 cm³/mol.